The number of allylic oxidation sites excluding steroid dienone is 2. The van der Waals surface area contributed by atoms with E-state index < -0.39 is 0 Å². The summed E-state index contributed by atoms with van der Waals surface area (Å²) in [5.41, 5.74) is 0. The number of hydrogen-bond donors (Lipinski definition) is 1. The molecule has 2 nitrogen and oxygen atoms in total. The second-order valence-corrected chi connectivity index (χ2v) is 5.22. The Morgan fingerprint density at radius 2 is 1.35 bits per heavy atom. The van der Waals surface area contributed by atoms with E-state index in [1.165, 1.54) is 51.4 Å². The van der Waals surface area contributed by atoms with Gasteiger partial charge in [0.1, 0.15) is 0 Å². The second-order valence-electron chi connectivity index (χ2n) is 5.22. The molecule has 0 fully saturated rings. The molecule has 2 heteroatoms. The van der Waals surface area contributed by atoms with Crippen LogP contribution in [0.3, 0.4) is 0 Å². The zero-order chi connectivity index (χ0) is 15.5. The van der Waals surface area contributed by atoms with Crippen LogP contribution in [0.5, 0.6) is 0 Å². The van der Waals surface area contributed by atoms with Crippen LogP contribution in [0.15, 0.2) is 11.8 Å². The Kier molecular flexibility index (Phi) is 22.7. The molecule has 0 aliphatic rings. The van der Waals surface area contributed by atoms with Crippen LogP contribution >= 0.6 is 0 Å². The van der Waals surface area contributed by atoms with E-state index in [0.29, 0.717) is 5.76 Å². The van der Waals surface area contributed by atoms with E-state index >= 15 is 0 Å². The van der Waals surface area contributed by atoms with Crippen molar-refractivity contribution in [1.82, 2.24) is 0 Å². The maximum Gasteiger partial charge on any atom is 0.0877 e. The van der Waals surface area contributed by atoms with E-state index in [1.807, 2.05) is 13.8 Å². The number of aliphatic hydroxyl groups excluding tert-OH is 1. The van der Waals surface area contributed by atoms with Gasteiger partial charge in [-0.25, -0.2) is 0 Å². The van der Waals surface area contributed by atoms with Gasteiger partial charge in [-0.1, -0.05) is 65.7 Å². The van der Waals surface area contributed by atoms with Crippen molar-refractivity contribution >= 4 is 0 Å². The second kappa shape index (κ2) is 20.8. The number of unbranched alkanes of at least 4 members (excludes halogenated alkanes) is 7. The Labute approximate surface area is 127 Å². The van der Waals surface area contributed by atoms with Gasteiger partial charge in [-0.2, -0.15) is 0 Å². The lowest BCUT2D eigenvalue weighted by Crippen LogP contribution is -1.95. The monoisotopic (exact) mass is 286 g/mol. The van der Waals surface area contributed by atoms with Crippen LogP contribution in [-0.4, -0.2) is 18.3 Å². The lowest BCUT2D eigenvalue weighted by atomic mass is 10.1. The summed E-state index contributed by atoms with van der Waals surface area (Å²) >= 11 is 0. The summed E-state index contributed by atoms with van der Waals surface area (Å²) < 4.78 is 5.43. The quantitative estimate of drug-likeness (QED) is 0.332. The first kappa shape index (κ1) is 21.8. The summed E-state index contributed by atoms with van der Waals surface area (Å²) in [4.78, 5) is 0. The fourth-order valence-corrected chi connectivity index (χ4v) is 1.79. The molecule has 122 valence electrons. The van der Waals surface area contributed by atoms with Gasteiger partial charge < -0.3 is 9.84 Å². The lowest BCUT2D eigenvalue weighted by molar-refractivity contribution is 0.130. The minimum absolute atomic E-state index is 0.468. The van der Waals surface area contributed by atoms with Crippen molar-refractivity contribution in [3.05, 3.63) is 11.8 Å². The van der Waals surface area contributed by atoms with Gasteiger partial charge in [0.05, 0.1) is 5.76 Å². The first-order valence-electron chi connectivity index (χ1n) is 8.64. The van der Waals surface area contributed by atoms with Gasteiger partial charge in [-0.3, -0.25) is 0 Å². The average Bonchev–Trinajstić information content (AvgIpc) is 2.49. The fourth-order valence-electron chi connectivity index (χ4n) is 1.79. The zero-order valence-corrected chi connectivity index (χ0v) is 14.4. The normalized spacial score (nSPS) is 11.1. The molecule has 0 heterocycles. The highest BCUT2D eigenvalue weighted by Crippen LogP contribution is 2.08. The fraction of sp³-hybridized carbons (Fsp3) is 0.889. The molecule has 0 aromatic rings. The van der Waals surface area contributed by atoms with Gasteiger partial charge in [0.25, 0.3) is 0 Å². The molecule has 20 heavy (non-hydrogen) atoms. The minimum atomic E-state index is 0.468. The number of rotatable bonds is 12. The van der Waals surface area contributed by atoms with Crippen LogP contribution in [0.1, 0.15) is 91.9 Å². The Morgan fingerprint density at radius 1 is 0.800 bits per heavy atom. The third-order valence-electron chi connectivity index (χ3n) is 3.19. The standard InChI is InChI=1S/C13H28O.C5H10O/c1-3-5-6-7-8-9-10-11-13-14-12-4-2;1-3-5(6)4-2/h3-13H2,1-2H3;3,6H,4H2,1-2H3. The Hall–Kier alpha value is -0.500. The van der Waals surface area contributed by atoms with Gasteiger partial charge >= 0.3 is 0 Å². The van der Waals surface area contributed by atoms with Crippen molar-refractivity contribution in [3.63, 3.8) is 0 Å². The molecule has 0 saturated carbocycles. The van der Waals surface area contributed by atoms with E-state index in [0.717, 1.165) is 26.1 Å². The van der Waals surface area contributed by atoms with Crippen molar-refractivity contribution in [1.29, 1.82) is 0 Å². The first-order valence-corrected chi connectivity index (χ1v) is 8.64. The lowest BCUT2D eigenvalue weighted by Gasteiger charge is -2.02. The predicted octanol–water partition coefficient (Wildman–Crippen LogP) is 6.41. The van der Waals surface area contributed by atoms with Crippen LogP contribution in [0, 0.1) is 0 Å². The molecule has 1 N–H and O–H groups in total. The molecule has 0 aliphatic carbocycles. The number of ether oxygens (including phenoxy) is 1. The molecule has 0 aromatic carbocycles. The van der Waals surface area contributed by atoms with E-state index in [9.17, 15) is 0 Å². The first-order chi connectivity index (χ1) is 9.72. The van der Waals surface area contributed by atoms with Crippen LogP contribution in [-0.2, 0) is 4.74 Å². The maximum absolute atomic E-state index is 8.53. The molecule has 0 atom stereocenters. The Balaban J connectivity index is 0. The minimum Gasteiger partial charge on any atom is -0.513 e. The van der Waals surface area contributed by atoms with E-state index in [4.69, 9.17) is 9.84 Å². The summed E-state index contributed by atoms with van der Waals surface area (Å²) in [7, 11) is 0. The summed E-state index contributed by atoms with van der Waals surface area (Å²) in [6, 6.07) is 0. The van der Waals surface area contributed by atoms with Gasteiger partial charge in [-0.15, -0.1) is 0 Å². The van der Waals surface area contributed by atoms with Crippen molar-refractivity contribution in [2.45, 2.75) is 91.9 Å². The van der Waals surface area contributed by atoms with Gasteiger partial charge in [0.15, 0.2) is 0 Å². The summed E-state index contributed by atoms with van der Waals surface area (Å²) in [6.07, 6.45) is 14.7. The molecule has 0 unspecified atom stereocenters. The van der Waals surface area contributed by atoms with E-state index in [-0.39, 0.29) is 0 Å². The Morgan fingerprint density at radius 3 is 1.75 bits per heavy atom. The predicted molar refractivity (Wildman–Crippen MR) is 90.4 cm³/mol. The van der Waals surface area contributed by atoms with Crippen molar-refractivity contribution in [3.8, 4) is 0 Å². The number of hydrogen-bond acceptors (Lipinski definition) is 2. The van der Waals surface area contributed by atoms with Crippen molar-refractivity contribution < 1.29 is 9.84 Å². The summed E-state index contributed by atoms with van der Waals surface area (Å²) in [6.45, 7) is 10.1. The molecule has 0 amide bonds. The summed E-state index contributed by atoms with van der Waals surface area (Å²) in [5, 5.41) is 8.53. The SMILES string of the molecule is CC=C(O)CC.CCCCCCCCCCOCCC. The maximum atomic E-state index is 8.53. The molecule has 0 aromatic heterocycles. The molecular weight excluding hydrogens is 248 g/mol. The largest absolute Gasteiger partial charge is 0.513 e. The van der Waals surface area contributed by atoms with Crippen LogP contribution < -0.4 is 0 Å². The third kappa shape index (κ3) is 22.7. The highest BCUT2D eigenvalue weighted by Gasteiger charge is 1.91. The molecule has 0 radical (unpaired) electrons. The molecule has 0 spiro atoms. The topological polar surface area (TPSA) is 29.5 Å². The zero-order valence-electron chi connectivity index (χ0n) is 14.4. The van der Waals surface area contributed by atoms with Crippen molar-refractivity contribution in [2.75, 3.05) is 13.2 Å². The van der Waals surface area contributed by atoms with Crippen molar-refractivity contribution in [2.24, 2.45) is 0 Å². The van der Waals surface area contributed by atoms with Gasteiger partial charge in [-0.05, 0) is 25.8 Å². The summed E-state index contributed by atoms with van der Waals surface area (Å²) in [5.74, 6) is 0.468. The third-order valence-corrected chi connectivity index (χ3v) is 3.19. The molecule has 0 rings (SSSR count). The average molecular weight is 286 g/mol. The molecular formula is C18H38O2. The van der Waals surface area contributed by atoms with Crippen LogP contribution in [0.4, 0.5) is 0 Å². The molecule has 0 aliphatic heterocycles. The Bertz CT molecular complexity index is 176. The van der Waals surface area contributed by atoms with Crippen LogP contribution in [0.2, 0.25) is 0 Å². The van der Waals surface area contributed by atoms with E-state index in [2.05, 4.69) is 13.8 Å². The number of aliphatic hydroxyl groups is 1. The van der Waals surface area contributed by atoms with Gasteiger partial charge in [0.2, 0.25) is 0 Å². The smallest absolute Gasteiger partial charge is 0.0877 e. The van der Waals surface area contributed by atoms with Crippen LogP contribution in [0.25, 0.3) is 0 Å². The van der Waals surface area contributed by atoms with Gasteiger partial charge in [0, 0.05) is 19.6 Å². The molecule has 0 bridgehead atoms. The highest BCUT2D eigenvalue weighted by molar-refractivity contribution is 4.84. The highest BCUT2D eigenvalue weighted by atomic mass is 16.5. The van der Waals surface area contributed by atoms with E-state index in [1.54, 1.807) is 6.08 Å². The molecule has 0 saturated heterocycles.